The first-order valence-corrected chi connectivity index (χ1v) is 8.44. The molecule has 6 N–H and O–H groups in total. The summed E-state index contributed by atoms with van der Waals surface area (Å²) >= 11 is 0. The molecule has 0 saturated heterocycles. The average Bonchev–Trinajstić information content (AvgIpc) is 2.58. The molecule has 0 fully saturated rings. The Hall–Kier alpha value is -2.61. The van der Waals surface area contributed by atoms with Crippen LogP contribution in [0.25, 0.3) is 0 Å². The van der Waals surface area contributed by atoms with Crippen LogP contribution in [-0.2, 0) is 20.8 Å². The SMILES string of the molecule is COc1ccc(CC(=O)N[C@H](CCCN)C(=O)NC(C)(C)C(N)=O)cc1. The highest BCUT2D eigenvalue weighted by molar-refractivity contribution is 5.93. The van der Waals surface area contributed by atoms with Gasteiger partial charge in [0, 0.05) is 0 Å². The molecule has 0 aliphatic carbocycles. The van der Waals surface area contributed by atoms with Gasteiger partial charge in [0.2, 0.25) is 17.7 Å². The Morgan fingerprint density at radius 2 is 1.81 bits per heavy atom. The molecule has 0 saturated carbocycles. The zero-order valence-electron chi connectivity index (χ0n) is 15.5. The molecule has 26 heavy (non-hydrogen) atoms. The molecule has 144 valence electrons. The number of ether oxygens (including phenoxy) is 1. The van der Waals surface area contributed by atoms with Gasteiger partial charge >= 0.3 is 0 Å². The van der Waals surface area contributed by atoms with Crippen LogP contribution in [0.5, 0.6) is 5.75 Å². The average molecular weight is 364 g/mol. The maximum Gasteiger partial charge on any atom is 0.243 e. The molecule has 0 aromatic heterocycles. The first-order valence-electron chi connectivity index (χ1n) is 8.44. The summed E-state index contributed by atoms with van der Waals surface area (Å²) < 4.78 is 5.08. The van der Waals surface area contributed by atoms with E-state index in [9.17, 15) is 14.4 Å². The van der Waals surface area contributed by atoms with Crippen molar-refractivity contribution in [2.24, 2.45) is 11.5 Å². The van der Waals surface area contributed by atoms with Crippen molar-refractivity contribution in [1.82, 2.24) is 10.6 Å². The number of hydrogen-bond donors (Lipinski definition) is 4. The van der Waals surface area contributed by atoms with Crippen molar-refractivity contribution < 1.29 is 19.1 Å². The lowest BCUT2D eigenvalue weighted by atomic mass is 10.0. The first kappa shape index (κ1) is 21.4. The topological polar surface area (TPSA) is 137 Å². The zero-order chi connectivity index (χ0) is 19.7. The maximum atomic E-state index is 12.4. The maximum absolute atomic E-state index is 12.4. The van der Waals surface area contributed by atoms with Crippen LogP contribution in [0, 0.1) is 0 Å². The number of rotatable bonds is 10. The highest BCUT2D eigenvalue weighted by atomic mass is 16.5. The molecule has 0 bridgehead atoms. The molecule has 0 aliphatic heterocycles. The second-order valence-electron chi connectivity index (χ2n) is 6.55. The number of methoxy groups -OCH3 is 1. The van der Waals surface area contributed by atoms with Crippen LogP contribution in [0.2, 0.25) is 0 Å². The summed E-state index contributed by atoms with van der Waals surface area (Å²) in [6.45, 7) is 3.40. The first-order chi connectivity index (χ1) is 12.2. The van der Waals surface area contributed by atoms with Gasteiger partial charge in [-0.3, -0.25) is 14.4 Å². The number of nitrogens with two attached hydrogens (primary N) is 2. The third kappa shape index (κ3) is 6.72. The fraction of sp³-hybridized carbons (Fsp3) is 0.500. The molecule has 1 rings (SSSR count). The Labute approximate surface area is 153 Å². The van der Waals surface area contributed by atoms with E-state index in [1.54, 1.807) is 31.4 Å². The normalized spacial score (nSPS) is 12.2. The third-order valence-electron chi connectivity index (χ3n) is 3.92. The Morgan fingerprint density at radius 3 is 2.31 bits per heavy atom. The van der Waals surface area contributed by atoms with Crippen LogP contribution in [0.3, 0.4) is 0 Å². The molecule has 8 nitrogen and oxygen atoms in total. The van der Waals surface area contributed by atoms with E-state index in [0.717, 1.165) is 5.56 Å². The van der Waals surface area contributed by atoms with Gasteiger partial charge in [-0.25, -0.2) is 0 Å². The van der Waals surface area contributed by atoms with Crippen molar-refractivity contribution in [2.45, 2.75) is 44.7 Å². The largest absolute Gasteiger partial charge is 0.497 e. The summed E-state index contributed by atoms with van der Waals surface area (Å²) in [6.07, 6.45) is 1.04. The number of primary amides is 1. The van der Waals surface area contributed by atoms with Gasteiger partial charge in [0.15, 0.2) is 0 Å². The van der Waals surface area contributed by atoms with Gasteiger partial charge in [-0.05, 0) is 50.9 Å². The second-order valence-corrected chi connectivity index (χ2v) is 6.55. The fourth-order valence-corrected chi connectivity index (χ4v) is 2.22. The number of carbonyl (C=O) groups is 3. The van der Waals surface area contributed by atoms with E-state index in [1.807, 2.05) is 0 Å². The molecule has 1 aromatic carbocycles. The third-order valence-corrected chi connectivity index (χ3v) is 3.92. The monoisotopic (exact) mass is 364 g/mol. The van der Waals surface area contributed by atoms with Crippen molar-refractivity contribution >= 4 is 17.7 Å². The van der Waals surface area contributed by atoms with Crippen molar-refractivity contribution in [1.29, 1.82) is 0 Å². The Kier molecular flexibility index (Phi) is 8.05. The summed E-state index contributed by atoms with van der Waals surface area (Å²) in [5.74, 6) is -0.731. The van der Waals surface area contributed by atoms with Gasteiger partial charge in [0.05, 0.1) is 13.5 Å². The minimum absolute atomic E-state index is 0.121. The Morgan fingerprint density at radius 1 is 1.19 bits per heavy atom. The number of benzene rings is 1. The second kappa shape index (κ2) is 9.76. The number of carbonyl (C=O) groups excluding carboxylic acids is 3. The van der Waals surface area contributed by atoms with Crippen molar-refractivity contribution in [3.63, 3.8) is 0 Å². The van der Waals surface area contributed by atoms with E-state index >= 15 is 0 Å². The summed E-state index contributed by atoms with van der Waals surface area (Å²) in [7, 11) is 1.57. The van der Waals surface area contributed by atoms with Crippen molar-refractivity contribution in [2.75, 3.05) is 13.7 Å². The summed E-state index contributed by atoms with van der Waals surface area (Å²) in [4.78, 5) is 36.1. The highest BCUT2D eigenvalue weighted by Gasteiger charge is 2.30. The molecule has 0 heterocycles. The summed E-state index contributed by atoms with van der Waals surface area (Å²) in [5.41, 5.74) is 10.4. The summed E-state index contributed by atoms with van der Waals surface area (Å²) in [6, 6.07) is 6.29. The molecule has 0 unspecified atom stereocenters. The lowest BCUT2D eigenvalue weighted by Gasteiger charge is -2.26. The molecular formula is C18H28N4O4. The van der Waals surface area contributed by atoms with Gasteiger partial charge in [-0.15, -0.1) is 0 Å². The molecule has 0 spiro atoms. The van der Waals surface area contributed by atoms with Crippen LogP contribution in [0.4, 0.5) is 0 Å². The Bertz CT molecular complexity index is 629. The molecule has 1 aromatic rings. The van der Waals surface area contributed by atoms with E-state index in [2.05, 4.69) is 10.6 Å². The minimum Gasteiger partial charge on any atom is -0.497 e. The molecule has 0 radical (unpaired) electrons. The lowest BCUT2D eigenvalue weighted by molar-refractivity contribution is -0.133. The quantitative estimate of drug-likeness (QED) is 0.457. The number of amides is 3. The van der Waals surface area contributed by atoms with Crippen molar-refractivity contribution in [3.05, 3.63) is 29.8 Å². The van der Waals surface area contributed by atoms with Crippen LogP contribution in [-0.4, -0.2) is 43.0 Å². The van der Waals surface area contributed by atoms with Crippen LogP contribution < -0.4 is 26.8 Å². The van der Waals surface area contributed by atoms with Crippen molar-refractivity contribution in [3.8, 4) is 5.75 Å². The molecule has 0 aliphatic rings. The van der Waals surface area contributed by atoms with Crippen LogP contribution in [0.15, 0.2) is 24.3 Å². The molecule has 1 atom stereocenters. The predicted molar refractivity (Wildman–Crippen MR) is 98.3 cm³/mol. The molecular weight excluding hydrogens is 336 g/mol. The van der Waals surface area contributed by atoms with Crippen LogP contribution >= 0.6 is 0 Å². The smallest absolute Gasteiger partial charge is 0.243 e. The van der Waals surface area contributed by atoms with Gasteiger partial charge in [-0.1, -0.05) is 12.1 Å². The van der Waals surface area contributed by atoms with Gasteiger partial charge in [-0.2, -0.15) is 0 Å². The number of hydrogen-bond acceptors (Lipinski definition) is 5. The predicted octanol–water partition coefficient (Wildman–Crippen LogP) is -0.158. The lowest BCUT2D eigenvalue weighted by Crippen LogP contribution is -2.58. The van der Waals surface area contributed by atoms with Gasteiger partial charge in [0.1, 0.15) is 17.3 Å². The van der Waals surface area contributed by atoms with E-state index in [-0.39, 0.29) is 12.3 Å². The van der Waals surface area contributed by atoms with E-state index < -0.39 is 23.4 Å². The van der Waals surface area contributed by atoms with Gasteiger partial charge in [0.25, 0.3) is 0 Å². The standard InChI is InChI=1S/C18H28N4O4/c1-18(2,17(20)25)22-16(24)14(5-4-10-19)21-15(23)11-12-6-8-13(26-3)9-7-12/h6-9,14H,4-5,10-11,19H2,1-3H3,(H2,20,25)(H,21,23)(H,22,24)/t14-/m1/s1. The fourth-order valence-electron chi connectivity index (χ4n) is 2.22. The van der Waals surface area contributed by atoms with Crippen LogP contribution in [0.1, 0.15) is 32.3 Å². The Balaban J connectivity index is 2.73. The number of nitrogens with one attached hydrogen (secondary N) is 2. The molecule has 8 heteroatoms. The van der Waals surface area contributed by atoms with E-state index in [1.165, 1.54) is 13.8 Å². The molecule has 3 amide bonds. The minimum atomic E-state index is -1.21. The van der Waals surface area contributed by atoms with E-state index in [0.29, 0.717) is 25.1 Å². The zero-order valence-corrected chi connectivity index (χ0v) is 15.5. The summed E-state index contributed by atoms with van der Waals surface area (Å²) in [5, 5.41) is 5.26. The van der Waals surface area contributed by atoms with Gasteiger partial charge < -0.3 is 26.8 Å². The highest BCUT2D eigenvalue weighted by Crippen LogP contribution is 2.12. The van der Waals surface area contributed by atoms with E-state index in [4.69, 9.17) is 16.2 Å².